The van der Waals surface area contributed by atoms with E-state index in [2.05, 4.69) is 9.47 Å². The minimum absolute atomic E-state index is 0.336. The quantitative estimate of drug-likeness (QED) is 0.452. The van der Waals surface area contributed by atoms with Crippen molar-refractivity contribution < 1.29 is 14.3 Å². The lowest BCUT2D eigenvalue weighted by Gasteiger charge is -2.02. The van der Waals surface area contributed by atoms with Crippen molar-refractivity contribution in [1.82, 2.24) is 0 Å². The molecule has 44 valence electrons. The van der Waals surface area contributed by atoms with Crippen LogP contribution in [0.25, 0.3) is 0 Å². The molecule has 3 heteroatoms. The van der Waals surface area contributed by atoms with E-state index in [0.29, 0.717) is 0 Å². The second kappa shape index (κ2) is 1.96. The van der Waals surface area contributed by atoms with Crippen LogP contribution in [-0.2, 0) is 14.3 Å². The Morgan fingerprint density at radius 1 is 1.88 bits per heavy atom. The minimum atomic E-state index is -0.456. The summed E-state index contributed by atoms with van der Waals surface area (Å²) < 4.78 is 9.19. The van der Waals surface area contributed by atoms with Crippen molar-refractivity contribution in [2.75, 3.05) is 7.11 Å². The van der Waals surface area contributed by atoms with Gasteiger partial charge in [-0.25, -0.2) is 4.79 Å². The molecule has 0 radical (unpaired) electrons. The molecule has 1 unspecified atom stereocenters. The first-order valence-corrected chi connectivity index (χ1v) is 2.24. The molecule has 1 aliphatic heterocycles. The molecule has 8 heavy (non-hydrogen) atoms. The number of carbonyl (C=O) groups excluding carboxylic acids is 1. The molecule has 0 aromatic carbocycles. The molecule has 0 bridgehead atoms. The molecule has 1 atom stereocenters. The lowest BCUT2D eigenvalue weighted by Crippen LogP contribution is -2.08. The van der Waals surface area contributed by atoms with Crippen LogP contribution in [0.15, 0.2) is 12.2 Å². The number of rotatable bonds is 1. The molecule has 1 rings (SSSR count). The Balaban J connectivity index is 2.46. The van der Waals surface area contributed by atoms with E-state index in [0.717, 1.165) is 0 Å². The minimum Gasteiger partial charge on any atom is -0.429 e. The zero-order chi connectivity index (χ0) is 5.98. The molecule has 0 saturated heterocycles. The summed E-state index contributed by atoms with van der Waals surface area (Å²) in [6.07, 6.45) is 2.44. The molecule has 3 nitrogen and oxygen atoms in total. The van der Waals surface area contributed by atoms with E-state index in [9.17, 15) is 4.79 Å². The monoisotopic (exact) mass is 114 g/mol. The molecule has 0 aromatic heterocycles. The Morgan fingerprint density at radius 2 is 2.62 bits per heavy atom. The predicted molar refractivity (Wildman–Crippen MR) is 26.0 cm³/mol. The summed E-state index contributed by atoms with van der Waals surface area (Å²) in [4.78, 5) is 10.2. The van der Waals surface area contributed by atoms with Crippen molar-refractivity contribution in [3.63, 3.8) is 0 Å². The van der Waals surface area contributed by atoms with Crippen LogP contribution in [0.2, 0.25) is 0 Å². The third kappa shape index (κ3) is 0.869. The van der Waals surface area contributed by atoms with E-state index in [1.807, 2.05) is 0 Å². The molecule has 1 aliphatic rings. The van der Waals surface area contributed by atoms with Gasteiger partial charge in [-0.2, -0.15) is 0 Å². The smallest absolute Gasteiger partial charge is 0.333 e. The molecule has 0 N–H and O–H groups in total. The first-order valence-electron chi connectivity index (χ1n) is 2.24. The molecule has 0 saturated carbocycles. The molecule has 1 heterocycles. The zero-order valence-corrected chi connectivity index (χ0v) is 4.46. The van der Waals surface area contributed by atoms with Gasteiger partial charge in [-0.3, -0.25) is 0 Å². The van der Waals surface area contributed by atoms with Gasteiger partial charge in [-0.05, 0) is 6.08 Å². The molecular weight excluding hydrogens is 108 g/mol. The fourth-order valence-corrected chi connectivity index (χ4v) is 0.477. The van der Waals surface area contributed by atoms with Crippen molar-refractivity contribution in [2.24, 2.45) is 0 Å². The van der Waals surface area contributed by atoms with E-state index in [1.165, 1.54) is 13.2 Å². The van der Waals surface area contributed by atoms with E-state index in [-0.39, 0.29) is 5.97 Å². The van der Waals surface area contributed by atoms with Crippen LogP contribution in [0.3, 0.4) is 0 Å². The van der Waals surface area contributed by atoms with E-state index < -0.39 is 6.29 Å². The van der Waals surface area contributed by atoms with Gasteiger partial charge in [0.05, 0.1) is 0 Å². The average Bonchev–Trinajstić information content (AvgIpc) is 2.14. The van der Waals surface area contributed by atoms with Gasteiger partial charge in [-0.1, -0.05) is 0 Å². The number of esters is 1. The van der Waals surface area contributed by atoms with Crippen molar-refractivity contribution >= 4 is 5.97 Å². The molecule has 0 amide bonds. The summed E-state index contributed by atoms with van der Waals surface area (Å²) in [6.45, 7) is 0. The highest BCUT2D eigenvalue weighted by Gasteiger charge is 2.13. The third-order valence-corrected chi connectivity index (χ3v) is 0.854. The molecular formula is C5H6O3. The summed E-state index contributed by atoms with van der Waals surface area (Å²) in [5.41, 5.74) is 0. The maximum Gasteiger partial charge on any atom is 0.333 e. The number of cyclic esters (lactones) is 1. The molecule has 0 aromatic rings. The van der Waals surface area contributed by atoms with Crippen LogP contribution < -0.4 is 0 Å². The summed E-state index contributed by atoms with van der Waals surface area (Å²) in [5, 5.41) is 0. The van der Waals surface area contributed by atoms with E-state index >= 15 is 0 Å². The standard InChI is InChI=1S/C5H6O3/c1-7-5-3-2-4(6)8-5/h2-3,5H,1H3. The van der Waals surface area contributed by atoms with Crippen LogP contribution >= 0.6 is 0 Å². The third-order valence-electron chi connectivity index (χ3n) is 0.854. The average molecular weight is 114 g/mol. The number of carbonyl (C=O) groups is 1. The number of methoxy groups -OCH3 is 1. The van der Waals surface area contributed by atoms with Crippen molar-refractivity contribution in [2.45, 2.75) is 6.29 Å². The van der Waals surface area contributed by atoms with Gasteiger partial charge in [0.15, 0.2) is 0 Å². The highest BCUT2D eigenvalue weighted by atomic mass is 16.7. The largest absolute Gasteiger partial charge is 0.429 e. The number of hydrogen-bond donors (Lipinski definition) is 0. The molecule has 0 aliphatic carbocycles. The van der Waals surface area contributed by atoms with Gasteiger partial charge in [0, 0.05) is 13.2 Å². The number of ether oxygens (including phenoxy) is 2. The van der Waals surface area contributed by atoms with Crippen LogP contribution in [0.1, 0.15) is 0 Å². The SMILES string of the molecule is COC1C=CC(=O)O1. The zero-order valence-electron chi connectivity index (χ0n) is 4.46. The summed E-state index contributed by atoms with van der Waals surface area (Å²) in [5.74, 6) is -0.336. The Bertz CT molecular complexity index is 128. The normalized spacial score (nSPS) is 26.1. The maximum absolute atomic E-state index is 10.2. The van der Waals surface area contributed by atoms with Crippen molar-refractivity contribution in [1.29, 1.82) is 0 Å². The van der Waals surface area contributed by atoms with Crippen LogP contribution in [-0.4, -0.2) is 19.4 Å². The highest BCUT2D eigenvalue weighted by Crippen LogP contribution is 2.03. The van der Waals surface area contributed by atoms with E-state index in [4.69, 9.17) is 0 Å². The topological polar surface area (TPSA) is 35.5 Å². The Hall–Kier alpha value is -0.830. The fourth-order valence-electron chi connectivity index (χ4n) is 0.477. The summed E-state index contributed by atoms with van der Waals surface area (Å²) in [6, 6.07) is 0. The second-order valence-corrected chi connectivity index (χ2v) is 1.40. The van der Waals surface area contributed by atoms with Crippen molar-refractivity contribution in [3.8, 4) is 0 Å². The Morgan fingerprint density at radius 3 is 2.88 bits per heavy atom. The summed E-state index contributed by atoms with van der Waals surface area (Å²) in [7, 11) is 1.48. The fraction of sp³-hybridized carbons (Fsp3) is 0.400. The summed E-state index contributed by atoms with van der Waals surface area (Å²) >= 11 is 0. The maximum atomic E-state index is 10.2. The van der Waals surface area contributed by atoms with Gasteiger partial charge < -0.3 is 9.47 Å². The highest BCUT2D eigenvalue weighted by molar-refractivity contribution is 5.84. The first-order chi connectivity index (χ1) is 3.83. The van der Waals surface area contributed by atoms with Gasteiger partial charge >= 0.3 is 5.97 Å². The van der Waals surface area contributed by atoms with Crippen molar-refractivity contribution in [3.05, 3.63) is 12.2 Å². The van der Waals surface area contributed by atoms with E-state index in [1.54, 1.807) is 6.08 Å². The van der Waals surface area contributed by atoms with Crippen LogP contribution in [0.4, 0.5) is 0 Å². The van der Waals surface area contributed by atoms with Crippen LogP contribution in [0.5, 0.6) is 0 Å². The second-order valence-electron chi connectivity index (χ2n) is 1.40. The van der Waals surface area contributed by atoms with Crippen LogP contribution in [0, 0.1) is 0 Å². The Kier molecular flexibility index (Phi) is 1.30. The number of hydrogen-bond acceptors (Lipinski definition) is 3. The van der Waals surface area contributed by atoms with Gasteiger partial charge in [0.25, 0.3) is 0 Å². The molecule has 0 spiro atoms. The molecule has 0 fully saturated rings. The van der Waals surface area contributed by atoms with Gasteiger partial charge in [-0.15, -0.1) is 0 Å². The first kappa shape index (κ1) is 5.31. The lowest BCUT2D eigenvalue weighted by molar-refractivity contribution is -0.154. The van der Waals surface area contributed by atoms with Gasteiger partial charge in [0.2, 0.25) is 6.29 Å². The van der Waals surface area contributed by atoms with Gasteiger partial charge in [0.1, 0.15) is 0 Å². The predicted octanol–water partition coefficient (Wildman–Crippen LogP) is 0.0719. The lowest BCUT2D eigenvalue weighted by atomic mass is 10.5. The Labute approximate surface area is 46.9 Å².